The van der Waals surface area contributed by atoms with Crippen molar-refractivity contribution in [3.8, 4) is 0 Å². The SMILES string of the molecule is Cc1nn(Cc2ccccc2)c(C)c1CNC(=O)CN1CCSC1=O. The molecule has 1 aliphatic rings. The molecule has 0 spiro atoms. The molecule has 25 heavy (non-hydrogen) atoms. The molecular formula is C18H22N4O2S. The number of rotatable bonds is 6. The third-order valence-electron chi connectivity index (χ3n) is 4.35. The number of nitrogens with one attached hydrogen (secondary N) is 1. The van der Waals surface area contributed by atoms with Crippen LogP contribution in [0.5, 0.6) is 0 Å². The highest BCUT2D eigenvalue weighted by Crippen LogP contribution is 2.17. The average Bonchev–Trinajstić information content (AvgIpc) is 3.11. The molecule has 2 aromatic rings. The number of carbonyl (C=O) groups excluding carboxylic acids is 2. The fourth-order valence-corrected chi connectivity index (χ4v) is 3.71. The molecule has 6 nitrogen and oxygen atoms in total. The molecule has 2 amide bonds. The number of hydrogen-bond donors (Lipinski definition) is 1. The lowest BCUT2D eigenvalue weighted by Crippen LogP contribution is -2.37. The highest BCUT2D eigenvalue weighted by molar-refractivity contribution is 8.13. The van der Waals surface area contributed by atoms with Gasteiger partial charge < -0.3 is 10.2 Å². The third kappa shape index (κ3) is 4.22. The van der Waals surface area contributed by atoms with Crippen molar-refractivity contribution in [3.05, 3.63) is 52.8 Å². The summed E-state index contributed by atoms with van der Waals surface area (Å²) in [5, 5.41) is 7.49. The van der Waals surface area contributed by atoms with Crippen molar-refractivity contribution < 1.29 is 9.59 Å². The van der Waals surface area contributed by atoms with Gasteiger partial charge in [-0.1, -0.05) is 42.1 Å². The second-order valence-electron chi connectivity index (χ2n) is 6.11. The molecule has 1 aromatic heterocycles. The highest BCUT2D eigenvalue weighted by atomic mass is 32.2. The summed E-state index contributed by atoms with van der Waals surface area (Å²) in [5.74, 6) is 0.627. The molecule has 1 aliphatic heterocycles. The van der Waals surface area contributed by atoms with Crippen LogP contribution in [0, 0.1) is 13.8 Å². The van der Waals surface area contributed by atoms with Crippen LogP contribution in [-0.2, 0) is 17.9 Å². The summed E-state index contributed by atoms with van der Waals surface area (Å²) in [6, 6.07) is 10.2. The van der Waals surface area contributed by atoms with Crippen molar-refractivity contribution >= 4 is 22.9 Å². The van der Waals surface area contributed by atoms with Crippen LogP contribution in [-0.4, -0.2) is 44.7 Å². The number of carbonyl (C=O) groups is 2. The van der Waals surface area contributed by atoms with E-state index in [0.717, 1.165) is 22.7 Å². The largest absolute Gasteiger partial charge is 0.350 e. The van der Waals surface area contributed by atoms with Crippen LogP contribution < -0.4 is 5.32 Å². The Kier molecular flexibility index (Phi) is 5.43. The van der Waals surface area contributed by atoms with E-state index in [1.807, 2.05) is 36.7 Å². The summed E-state index contributed by atoms with van der Waals surface area (Å²) < 4.78 is 1.97. The van der Waals surface area contributed by atoms with Crippen molar-refractivity contribution in [2.75, 3.05) is 18.8 Å². The van der Waals surface area contributed by atoms with Crippen LogP contribution in [0.1, 0.15) is 22.5 Å². The zero-order valence-electron chi connectivity index (χ0n) is 14.5. The fraction of sp³-hybridized carbons (Fsp3) is 0.389. The Morgan fingerprint density at radius 1 is 1.28 bits per heavy atom. The van der Waals surface area contributed by atoms with E-state index in [1.165, 1.54) is 17.3 Å². The molecule has 2 heterocycles. The molecule has 0 bridgehead atoms. The van der Waals surface area contributed by atoms with E-state index in [9.17, 15) is 9.59 Å². The Bertz CT molecular complexity index is 773. The maximum Gasteiger partial charge on any atom is 0.282 e. The molecule has 0 saturated carbocycles. The lowest BCUT2D eigenvalue weighted by Gasteiger charge is -2.14. The minimum absolute atomic E-state index is 0.0156. The van der Waals surface area contributed by atoms with Gasteiger partial charge >= 0.3 is 0 Å². The van der Waals surface area contributed by atoms with Crippen LogP contribution >= 0.6 is 11.8 Å². The van der Waals surface area contributed by atoms with Gasteiger partial charge in [0.15, 0.2) is 0 Å². The maximum atomic E-state index is 12.1. The lowest BCUT2D eigenvalue weighted by atomic mass is 10.2. The Morgan fingerprint density at radius 2 is 2.04 bits per heavy atom. The molecule has 7 heteroatoms. The Balaban J connectivity index is 1.61. The van der Waals surface area contributed by atoms with E-state index in [0.29, 0.717) is 19.6 Å². The minimum Gasteiger partial charge on any atom is -0.350 e. The smallest absolute Gasteiger partial charge is 0.282 e. The number of aromatic nitrogens is 2. The molecule has 3 rings (SSSR count). The summed E-state index contributed by atoms with van der Waals surface area (Å²) in [6.07, 6.45) is 0. The van der Waals surface area contributed by atoms with E-state index in [-0.39, 0.29) is 17.7 Å². The van der Waals surface area contributed by atoms with Gasteiger partial charge in [-0.3, -0.25) is 14.3 Å². The predicted octanol–water partition coefficient (Wildman–Crippen LogP) is 2.33. The first-order chi connectivity index (χ1) is 12.0. The number of aryl methyl sites for hydroxylation is 1. The van der Waals surface area contributed by atoms with Gasteiger partial charge in [-0.2, -0.15) is 5.10 Å². The van der Waals surface area contributed by atoms with E-state index in [4.69, 9.17) is 0 Å². The van der Waals surface area contributed by atoms with Crippen molar-refractivity contribution in [1.29, 1.82) is 0 Å². The molecule has 0 unspecified atom stereocenters. The van der Waals surface area contributed by atoms with Crippen LogP contribution in [0.15, 0.2) is 30.3 Å². The molecule has 1 fully saturated rings. The van der Waals surface area contributed by atoms with Crippen LogP contribution in [0.3, 0.4) is 0 Å². The molecule has 1 aromatic carbocycles. The van der Waals surface area contributed by atoms with Crippen molar-refractivity contribution in [1.82, 2.24) is 20.0 Å². The average molecular weight is 358 g/mol. The van der Waals surface area contributed by atoms with Gasteiger partial charge in [0.05, 0.1) is 12.2 Å². The van der Waals surface area contributed by atoms with Gasteiger partial charge in [-0.05, 0) is 19.4 Å². The topological polar surface area (TPSA) is 67.2 Å². The van der Waals surface area contributed by atoms with Crippen molar-refractivity contribution in [2.45, 2.75) is 26.9 Å². The number of nitrogens with zero attached hydrogens (tertiary/aromatic N) is 3. The first-order valence-corrected chi connectivity index (χ1v) is 9.28. The second-order valence-corrected chi connectivity index (χ2v) is 7.15. The van der Waals surface area contributed by atoms with Crippen molar-refractivity contribution in [2.24, 2.45) is 0 Å². The predicted molar refractivity (Wildman–Crippen MR) is 98.5 cm³/mol. The van der Waals surface area contributed by atoms with Gasteiger partial charge in [-0.15, -0.1) is 0 Å². The number of thioether (sulfide) groups is 1. The summed E-state index contributed by atoms with van der Waals surface area (Å²) >= 11 is 1.26. The maximum absolute atomic E-state index is 12.1. The molecule has 0 atom stereocenters. The lowest BCUT2D eigenvalue weighted by molar-refractivity contribution is -0.121. The van der Waals surface area contributed by atoms with E-state index in [2.05, 4.69) is 22.5 Å². The molecule has 132 valence electrons. The normalized spacial score (nSPS) is 14.2. The zero-order chi connectivity index (χ0) is 17.8. The summed E-state index contributed by atoms with van der Waals surface area (Å²) in [5.41, 5.74) is 4.19. The second kappa shape index (κ2) is 7.74. The summed E-state index contributed by atoms with van der Waals surface area (Å²) in [6.45, 7) is 5.88. The third-order valence-corrected chi connectivity index (χ3v) is 5.24. The van der Waals surface area contributed by atoms with E-state index in [1.54, 1.807) is 4.90 Å². The molecule has 1 saturated heterocycles. The molecular weight excluding hydrogens is 336 g/mol. The van der Waals surface area contributed by atoms with Gasteiger partial charge in [0, 0.05) is 30.1 Å². The molecule has 0 aliphatic carbocycles. The van der Waals surface area contributed by atoms with Gasteiger partial charge in [0.2, 0.25) is 5.91 Å². The highest BCUT2D eigenvalue weighted by Gasteiger charge is 2.23. The van der Waals surface area contributed by atoms with Gasteiger partial charge in [0.25, 0.3) is 5.24 Å². The first-order valence-electron chi connectivity index (χ1n) is 8.30. The molecule has 1 N–H and O–H groups in total. The summed E-state index contributed by atoms with van der Waals surface area (Å²) in [7, 11) is 0. The Hall–Kier alpha value is -2.28. The Morgan fingerprint density at radius 3 is 2.72 bits per heavy atom. The first kappa shape index (κ1) is 17.5. The van der Waals surface area contributed by atoms with Crippen LogP contribution in [0.2, 0.25) is 0 Å². The summed E-state index contributed by atoms with van der Waals surface area (Å²) in [4.78, 5) is 25.2. The Labute approximate surface area is 151 Å². The van der Waals surface area contributed by atoms with Crippen LogP contribution in [0.25, 0.3) is 0 Å². The standard InChI is InChI=1S/C18H22N4O2S/c1-13-16(10-19-17(23)12-21-8-9-25-18(21)24)14(2)22(20-13)11-15-6-4-3-5-7-15/h3-7H,8-12H2,1-2H3,(H,19,23). The van der Waals surface area contributed by atoms with Gasteiger partial charge in [0.1, 0.15) is 6.54 Å². The number of amides is 2. The monoisotopic (exact) mass is 358 g/mol. The van der Waals surface area contributed by atoms with Gasteiger partial charge in [-0.25, -0.2) is 0 Å². The van der Waals surface area contributed by atoms with E-state index >= 15 is 0 Å². The fourth-order valence-electron chi connectivity index (χ4n) is 2.89. The van der Waals surface area contributed by atoms with E-state index < -0.39 is 0 Å². The number of hydrogen-bond acceptors (Lipinski definition) is 4. The zero-order valence-corrected chi connectivity index (χ0v) is 15.3. The minimum atomic E-state index is -0.134. The quantitative estimate of drug-likeness (QED) is 0.861. The number of benzene rings is 1. The molecule has 0 radical (unpaired) electrons. The van der Waals surface area contributed by atoms with Crippen LogP contribution in [0.4, 0.5) is 4.79 Å². The van der Waals surface area contributed by atoms with Crippen molar-refractivity contribution in [3.63, 3.8) is 0 Å².